The van der Waals surface area contributed by atoms with Gasteiger partial charge in [0.2, 0.25) is 0 Å². The number of hydrogen-bond donors (Lipinski definition) is 0. The second-order valence-electron chi connectivity index (χ2n) is 7.73. The SMILES string of the molecule is CCOC(=O)c1ncc2c(c1CC)c1cc(OC)c(OC)cc1n2S(=O)(=O)c1ccc(C)cc1. The van der Waals surface area contributed by atoms with Crippen LogP contribution in [0.3, 0.4) is 0 Å². The Labute approximate surface area is 198 Å². The molecule has 8 nitrogen and oxygen atoms in total. The third-order valence-corrected chi connectivity index (χ3v) is 7.49. The van der Waals surface area contributed by atoms with Gasteiger partial charge in [0.05, 0.1) is 43.0 Å². The molecule has 0 saturated heterocycles. The van der Waals surface area contributed by atoms with Crippen LogP contribution in [0, 0.1) is 6.92 Å². The van der Waals surface area contributed by atoms with E-state index in [0.29, 0.717) is 45.3 Å². The lowest BCUT2D eigenvalue weighted by Gasteiger charge is -2.12. The molecule has 4 rings (SSSR count). The zero-order valence-electron chi connectivity index (χ0n) is 19.7. The summed E-state index contributed by atoms with van der Waals surface area (Å²) in [5, 5.41) is 1.21. The number of hydrogen-bond acceptors (Lipinski definition) is 7. The predicted molar refractivity (Wildman–Crippen MR) is 129 cm³/mol. The molecule has 0 spiro atoms. The number of aryl methyl sites for hydroxylation is 2. The summed E-state index contributed by atoms with van der Waals surface area (Å²) < 4.78 is 45.2. The van der Waals surface area contributed by atoms with Gasteiger partial charge in [0.15, 0.2) is 17.2 Å². The fraction of sp³-hybridized carbons (Fsp3) is 0.280. The highest BCUT2D eigenvalue weighted by Crippen LogP contribution is 2.41. The van der Waals surface area contributed by atoms with E-state index < -0.39 is 16.0 Å². The molecule has 4 aromatic rings. The van der Waals surface area contributed by atoms with Crippen LogP contribution >= 0.6 is 0 Å². The molecule has 0 aliphatic heterocycles. The van der Waals surface area contributed by atoms with Gasteiger partial charge < -0.3 is 14.2 Å². The van der Waals surface area contributed by atoms with Gasteiger partial charge in [-0.1, -0.05) is 24.6 Å². The van der Waals surface area contributed by atoms with Crippen molar-refractivity contribution in [3.63, 3.8) is 0 Å². The molecule has 0 saturated carbocycles. The highest BCUT2D eigenvalue weighted by atomic mass is 32.2. The molecule has 34 heavy (non-hydrogen) atoms. The maximum Gasteiger partial charge on any atom is 0.357 e. The van der Waals surface area contributed by atoms with Crippen molar-refractivity contribution < 1.29 is 27.4 Å². The number of nitrogens with zero attached hydrogens (tertiary/aromatic N) is 2. The minimum Gasteiger partial charge on any atom is -0.493 e. The molecule has 2 heterocycles. The van der Waals surface area contributed by atoms with Gasteiger partial charge in [0.1, 0.15) is 0 Å². The molecule has 0 amide bonds. The number of methoxy groups -OCH3 is 2. The van der Waals surface area contributed by atoms with Crippen LogP contribution < -0.4 is 9.47 Å². The molecular formula is C25H26N2O6S. The molecule has 2 aromatic heterocycles. The summed E-state index contributed by atoms with van der Waals surface area (Å²) >= 11 is 0. The number of aromatic nitrogens is 2. The van der Waals surface area contributed by atoms with Gasteiger partial charge in [0, 0.05) is 16.8 Å². The van der Waals surface area contributed by atoms with E-state index in [1.54, 1.807) is 43.3 Å². The number of ether oxygens (including phenoxy) is 3. The fourth-order valence-electron chi connectivity index (χ4n) is 4.16. The van der Waals surface area contributed by atoms with Crippen LogP contribution in [-0.2, 0) is 21.2 Å². The first kappa shape index (κ1) is 23.6. The summed E-state index contributed by atoms with van der Waals surface area (Å²) in [4.78, 5) is 17.1. The summed E-state index contributed by atoms with van der Waals surface area (Å²) in [6.07, 6.45) is 1.85. The van der Waals surface area contributed by atoms with Crippen molar-refractivity contribution in [1.29, 1.82) is 0 Å². The largest absolute Gasteiger partial charge is 0.493 e. The number of pyridine rings is 1. The molecule has 0 N–H and O–H groups in total. The summed E-state index contributed by atoms with van der Waals surface area (Å²) in [5.74, 6) is 0.275. The number of benzene rings is 2. The second kappa shape index (κ2) is 8.98. The van der Waals surface area contributed by atoms with Crippen LogP contribution in [0.25, 0.3) is 21.8 Å². The standard InChI is InChI=1S/C25H26N2O6S/c1-6-17-23-18-12-21(31-4)22(32-5)13-19(18)27(20(23)14-26-24(17)25(28)33-7-2)34(29,30)16-10-8-15(3)9-11-16/h8-14H,6-7H2,1-5H3. The number of carbonyl (C=O) groups excluding carboxylic acids is 1. The molecule has 0 aliphatic carbocycles. The Morgan fingerprint density at radius 3 is 2.24 bits per heavy atom. The molecule has 0 fully saturated rings. The summed E-state index contributed by atoms with van der Waals surface area (Å²) in [5.41, 5.74) is 2.47. The lowest BCUT2D eigenvalue weighted by molar-refractivity contribution is 0.0518. The van der Waals surface area contributed by atoms with Crippen molar-refractivity contribution in [2.75, 3.05) is 20.8 Å². The zero-order chi connectivity index (χ0) is 24.6. The second-order valence-corrected chi connectivity index (χ2v) is 9.51. The van der Waals surface area contributed by atoms with Crippen LogP contribution in [0.1, 0.15) is 35.5 Å². The Bertz CT molecular complexity index is 1500. The van der Waals surface area contributed by atoms with Crippen molar-refractivity contribution in [2.24, 2.45) is 0 Å². The maximum atomic E-state index is 13.9. The van der Waals surface area contributed by atoms with E-state index >= 15 is 0 Å². The van der Waals surface area contributed by atoms with Crippen LogP contribution in [-0.4, -0.2) is 44.2 Å². The third-order valence-electron chi connectivity index (χ3n) is 5.75. The summed E-state index contributed by atoms with van der Waals surface area (Å²) in [7, 11) is -1.01. The average Bonchev–Trinajstić information content (AvgIpc) is 3.16. The van der Waals surface area contributed by atoms with Crippen molar-refractivity contribution in [1.82, 2.24) is 8.96 Å². The number of carbonyl (C=O) groups is 1. The first-order chi connectivity index (χ1) is 16.3. The number of rotatable bonds is 7. The highest BCUT2D eigenvalue weighted by Gasteiger charge is 2.28. The quantitative estimate of drug-likeness (QED) is 0.358. The summed E-state index contributed by atoms with van der Waals surface area (Å²) in [6.45, 7) is 5.70. The third kappa shape index (κ3) is 3.66. The topological polar surface area (TPSA) is 96.7 Å². The molecule has 178 valence electrons. The van der Waals surface area contributed by atoms with E-state index in [0.717, 1.165) is 5.56 Å². The van der Waals surface area contributed by atoms with Crippen molar-refractivity contribution in [2.45, 2.75) is 32.1 Å². The smallest absolute Gasteiger partial charge is 0.357 e. The van der Waals surface area contributed by atoms with Gasteiger partial charge in [-0.15, -0.1) is 0 Å². The van der Waals surface area contributed by atoms with Crippen LogP contribution in [0.4, 0.5) is 0 Å². The Balaban J connectivity index is 2.19. The molecule has 0 bridgehead atoms. The number of esters is 1. The fourth-order valence-corrected chi connectivity index (χ4v) is 5.65. The van der Waals surface area contributed by atoms with Gasteiger partial charge in [0.25, 0.3) is 10.0 Å². The molecule has 0 aliphatic rings. The highest BCUT2D eigenvalue weighted by molar-refractivity contribution is 7.90. The van der Waals surface area contributed by atoms with Crippen molar-refractivity contribution in [3.05, 3.63) is 59.4 Å². The molecule has 0 unspecified atom stereocenters. The lowest BCUT2D eigenvalue weighted by atomic mass is 10.0. The van der Waals surface area contributed by atoms with E-state index in [9.17, 15) is 13.2 Å². The monoisotopic (exact) mass is 482 g/mol. The molecule has 0 atom stereocenters. The predicted octanol–water partition coefficient (Wildman–Crippen LogP) is 4.49. The number of fused-ring (bicyclic) bond motifs is 3. The lowest BCUT2D eigenvalue weighted by Crippen LogP contribution is -2.14. The Morgan fingerprint density at radius 1 is 1.00 bits per heavy atom. The van der Waals surface area contributed by atoms with Gasteiger partial charge >= 0.3 is 5.97 Å². The van der Waals surface area contributed by atoms with E-state index in [2.05, 4.69) is 4.98 Å². The first-order valence-electron chi connectivity index (χ1n) is 10.9. The normalized spacial score (nSPS) is 11.7. The first-order valence-corrected chi connectivity index (χ1v) is 12.3. The maximum absolute atomic E-state index is 13.9. The Morgan fingerprint density at radius 2 is 1.65 bits per heavy atom. The van der Waals surface area contributed by atoms with Crippen molar-refractivity contribution in [3.8, 4) is 11.5 Å². The van der Waals surface area contributed by atoms with Crippen LogP contribution in [0.5, 0.6) is 11.5 Å². The Kier molecular flexibility index (Phi) is 6.22. The van der Waals surface area contributed by atoms with Gasteiger partial charge in [-0.25, -0.2) is 22.2 Å². The zero-order valence-corrected chi connectivity index (χ0v) is 20.5. The minimum absolute atomic E-state index is 0.138. The van der Waals surface area contributed by atoms with E-state index in [1.807, 2.05) is 13.8 Å². The average molecular weight is 483 g/mol. The molecule has 2 aromatic carbocycles. The van der Waals surface area contributed by atoms with Gasteiger partial charge in [-0.05, 0) is 44.0 Å². The van der Waals surface area contributed by atoms with E-state index in [1.165, 1.54) is 24.4 Å². The van der Waals surface area contributed by atoms with Gasteiger partial charge in [-0.2, -0.15) is 0 Å². The molecule has 0 radical (unpaired) electrons. The Hall–Kier alpha value is -3.59. The summed E-state index contributed by atoms with van der Waals surface area (Å²) in [6, 6.07) is 10.0. The van der Waals surface area contributed by atoms with E-state index in [-0.39, 0.29) is 17.2 Å². The van der Waals surface area contributed by atoms with Gasteiger partial charge in [-0.3, -0.25) is 0 Å². The molecule has 9 heteroatoms. The molecular weight excluding hydrogens is 456 g/mol. The van der Waals surface area contributed by atoms with Crippen molar-refractivity contribution >= 4 is 37.8 Å². The minimum atomic E-state index is -4.01. The van der Waals surface area contributed by atoms with Crippen LogP contribution in [0.15, 0.2) is 47.5 Å². The van der Waals surface area contributed by atoms with Crippen LogP contribution in [0.2, 0.25) is 0 Å². The van der Waals surface area contributed by atoms with E-state index in [4.69, 9.17) is 14.2 Å².